The van der Waals surface area contributed by atoms with Crippen LogP contribution in [0.2, 0.25) is 0 Å². The molecule has 3 aliphatic heterocycles. The van der Waals surface area contributed by atoms with Gasteiger partial charge in [-0.3, -0.25) is 24.1 Å². The number of fused-ring (bicyclic) bond motifs is 2. The van der Waals surface area contributed by atoms with Gasteiger partial charge in [0.05, 0.1) is 11.8 Å². The van der Waals surface area contributed by atoms with E-state index in [1.54, 1.807) is 23.1 Å². The van der Waals surface area contributed by atoms with E-state index < -0.39 is 0 Å². The molecule has 0 bridgehead atoms. The van der Waals surface area contributed by atoms with E-state index in [1.807, 2.05) is 0 Å². The van der Waals surface area contributed by atoms with Gasteiger partial charge < -0.3 is 19.7 Å². The largest absolute Gasteiger partial charge is 0.454 e. The zero-order valence-electron chi connectivity index (χ0n) is 17.9. The van der Waals surface area contributed by atoms with Crippen LogP contribution >= 0.6 is 0 Å². The highest BCUT2D eigenvalue weighted by atomic mass is 16.7. The summed E-state index contributed by atoms with van der Waals surface area (Å²) < 4.78 is 10.6. The third-order valence-electron chi connectivity index (χ3n) is 7.08. The average molecular weight is 441 g/mol. The number of anilines is 1. The maximum Gasteiger partial charge on any atom is 0.242 e. The predicted molar refractivity (Wildman–Crippen MR) is 113 cm³/mol. The molecule has 2 atom stereocenters. The molecule has 3 fully saturated rings. The van der Waals surface area contributed by atoms with E-state index in [9.17, 15) is 19.2 Å². The Bertz CT molecular complexity index is 931. The predicted octanol–water partition coefficient (Wildman–Crippen LogP) is 1.77. The monoisotopic (exact) mass is 441 g/mol. The molecule has 1 aliphatic carbocycles. The van der Waals surface area contributed by atoms with Crippen LogP contribution in [0.3, 0.4) is 0 Å². The number of nitrogens with one attached hydrogen (secondary N) is 1. The molecule has 2 saturated heterocycles. The third-order valence-corrected chi connectivity index (χ3v) is 7.08. The highest BCUT2D eigenvalue weighted by Gasteiger charge is 2.48. The second kappa shape index (κ2) is 8.44. The molecule has 0 spiro atoms. The van der Waals surface area contributed by atoms with Gasteiger partial charge in [0.25, 0.3) is 0 Å². The minimum Gasteiger partial charge on any atom is -0.454 e. The quantitative estimate of drug-likeness (QED) is 0.714. The van der Waals surface area contributed by atoms with Crippen molar-refractivity contribution in [1.82, 2.24) is 9.80 Å². The summed E-state index contributed by atoms with van der Waals surface area (Å²) in [5.74, 6) is -0.119. The Morgan fingerprint density at radius 1 is 0.938 bits per heavy atom. The summed E-state index contributed by atoms with van der Waals surface area (Å²) in [5, 5.41) is 2.91. The van der Waals surface area contributed by atoms with Crippen molar-refractivity contribution in [2.24, 2.45) is 17.8 Å². The fourth-order valence-electron chi connectivity index (χ4n) is 5.23. The first kappa shape index (κ1) is 20.8. The molecule has 4 amide bonds. The van der Waals surface area contributed by atoms with Crippen LogP contribution in [-0.4, -0.2) is 59.9 Å². The van der Waals surface area contributed by atoms with Gasteiger partial charge in [0.2, 0.25) is 30.4 Å². The van der Waals surface area contributed by atoms with E-state index in [-0.39, 0.29) is 54.7 Å². The highest BCUT2D eigenvalue weighted by molar-refractivity contribution is 6.07. The lowest BCUT2D eigenvalue weighted by Crippen LogP contribution is -2.47. The maximum atomic E-state index is 12.8. The minimum absolute atomic E-state index is 0.0927. The lowest BCUT2D eigenvalue weighted by atomic mass is 9.81. The Morgan fingerprint density at radius 2 is 1.59 bits per heavy atom. The van der Waals surface area contributed by atoms with E-state index in [1.165, 1.54) is 4.90 Å². The zero-order valence-corrected chi connectivity index (χ0v) is 17.9. The molecule has 32 heavy (non-hydrogen) atoms. The number of carbonyl (C=O) groups is 4. The van der Waals surface area contributed by atoms with Gasteiger partial charge in [-0.15, -0.1) is 0 Å². The summed E-state index contributed by atoms with van der Waals surface area (Å²) in [7, 11) is 0. The number of carbonyl (C=O) groups excluding carboxylic acids is 4. The van der Waals surface area contributed by atoms with E-state index in [2.05, 4.69) is 5.32 Å². The second-order valence-electron chi connectivity index (χ2n) is 8.97. The molecule has 9 nitrogen and oxygen atoms in total. The van der Waals surface area contributed by atoms with Gasteiger partial charge in [-0.1, -0.05) is 12.8 Å². The molecule has 5 rings (SSSR count). The van der Waals surface area contributed by atoms with Gasteiger partial charge >= 0.3 is 0 Å². The van der Waals surface area contributed by atoms with Gasteiger partial charge in [-0.05, 0) is 37.8 Å². The molecule has 1 aromatic carbocycles. The molecular weight excluding hydrogens is 414 g/mol. The standard InChI is InChI=1S/C23H27N3O6/c27-20(12-26-22(29)16-3-1-2-4-17(16)23(26)30)25-9-7-14(8-10-25)21(28)24-15-5-6-18-19(11-15)32-13-31-18/h5-6,11,14,16-17H,1-4,7-10,12-13H2,(H,24,28)/t16-,17-/m1/s1. The van der Waals surface area contributed by atoms with Crippen molar-refractivity contribution in [2.45, 2.75) is 38.5 Å². The van der Waals surface area contributed by atoms with Crippen molar-refractivity contribution < 1.29 is 28.7 Å². The first-order valence-electron chi connectivity index (χ1n) is 11.3. The second-order valence-corrected chi connectivity index (χ2v) is 8.97. The molecule has 1 aromatic rings. The van der Waals surface area contributed by atoms with Crippen LogP contribution in [0.15, 0.2) is 18.2 Å². The number of hydrogen-bond acceptors (Lipinski definition) is 6. The molecule has 0 radical (unpaired) electrons. The van der Waals surface area contributed by atoms with Crippen LogP contribution in [0, 0.1) is 17.8 Å². The minimum atomic E-state index is -0.241. The third kappa shape index (κ3) is 3.80. The molecule has 170 valence electrons. The molecule has 3 heterocycles. The number of rotatable bonds is 4. The van der Waals surface area contributed by atoms with Crippen LogP contribution in [0.1, 0.15) is 38.5 Å². The normalized spacial score (nSPS) is 25.1. The molecular formula is C23H27N3O6. The summed E-state index contributed by atoms with van der Waals surface area (Å²) in [6.07, 6.45) is 4.48. The van der Waals surface area contributed by atoms with Crippen LogP contribution < -0.4 is 14.8 Å². The fraction of sp³-hybridized carbons (Fsp3) is 0.565. The van der Waals surface area contributed by atoms with E-state index in [0.29, 0.717) is 43.1 Å². The fourth-order valence-corrected chi connectivity index (χ4v) is 5.23. The first-order valence-corrected chi connectivity index (χ1v) is 11.3. The van der Waals surface area contributed by atoms with Crippen molar-refractivity contribution in [3.8, 4) is 11.5 Å². The number of hydrogen-bond donors (Lipinski definition) is 1. The Labute approximate surface area is 186 Å². The van der Waals surface area contributed by atoms with Crippen molar-refractivity contribution in [1.29, 1.82) is 0 Å². The molecule has 0 unspecified atom stereocenters. The summed E-state index contributed by atoms with van der Waals surface area (Å²) in [6, 6.07) is 5.27. The number of imide groups is 1. The van der Waals surface area contributed by atoms with E-state index in [0.717, 1.165) is 25.7 Å². The summed E-state index contributed by atoms with van der Waals surface area (Å²) in [5.41, 5.74) is 0.644. The highest BCUT2D eigenvalue weighted by Crippen LogP contribution is 2.38. The SMILES string of the molecule is O=C(Nc1ccc2c(c1)OCO2)C1CCN(C(=O)CN2C(=O)[C@@H]3CCCC[C@H]3C2=O)CC1. The number of benzene rings is 1. The Morgan fingerprint density at radius 3 is 2.28 bits per heavy atom. The number of ether oxygens (including phenoxy) is 2. The van der Waals surface area contributed by atoms with Crippen molar-refractivity contribution in [2.75, 3.05) is 31.7 Å². The van der Waals surface area contributed by atoms with Crippen molar-refractivity contribution in [3.05, 3.63) is 18.2 Å². The average Bonchev–Trinajstić information content (AvgIpc) is 3.38. The van der Waals surface area contributed by atoms with Gasteiger partial charge in [-0.2, -0.15) is 0 Å². The maximum absolute atomic E-state index is 12.8. The van der Waals surface area contributed by atoms with Gasteiger partial charge in [0.15, 0.2) is 11.5 Å². The summed E-state index contributed by atoms with van der Waals surface area (Å²) >= 11 is 0. The van der Waals surface area contributed by atoms with Crippen molar-refractivity contribution in [3.63, 3.8) is 0 Å². The smallest absolute Gasteiger partial charge is 0.242 e. The van der Waals surface area contributed by atoms with Crippen LogP contribution in [0.4, 0.5) is 5.69 Å². The number of likely N-dealkylation sites (tertiary alicyclic amines) is 2. The first-order chi connectivity index (χ1) is 15.5. The Balaban J connectivity index is 1.13. The molecule has 1 N–H and O–H groups in total. The van der Waals surface area contributed by atoms with Crippen LogP contribution in [-0.2, 0) is 19.2 Å². The number of amides is 4. The molecule has 4 aliphatic rings. The van der Waals surface area contributed by atoms with Crippen LogP contribution in [0.5, 0.6) is 11.5 Å². The van der Waals surface area contributed by atoms with Gasteiger partial charge in [-0.25, -0.2) is 0 Å². The van der Waals surface area contributed by atoms with Crippen molar-refractivity contribution >= 4 is 29.3 Å². The number of piperidine rings is 1. The van der Waals surface area contributed by atoms with E-state index >= 15 is 0 Å². The molecule has 1 saturated carbocycles. The molecule has 9 heteroatoms. The van der Waals surface area contributed by atoms with Gasteiger partial charge in [0, 0.05) is 30.8 Å². The Hall–Kier alpha value is -3.10. The Kier molecular flexibility index (Phi) is 5.48. The number of nitrogens with zero attached hydrogens (tertiary/aromatic N) is 2. The summed E-state index contributed by atoms with van der Waals surface area (Å²) in [6.45, 7) is 0.857. The summed E-state index contributed by atoms with van der Waals surface area (Å²) in [4.78, 5) is 53.5. The molecule has 0 aromatic heterocycles. The lowest BCUT2D eigenvalue weighted by Gasteiger charge is -2.32. The zero-order chi connectivity index (χ0) is 22.2. The van der Waals surface area contributed by atoms with E-state index in [4.69, 9.17) is 9.47 Å². The van der Waals surface area contributed by atoms with Gasteiger partial charge in [0.1, 0.15) is 6.54 Å². The van der Waals surface area contributed by atoms with Crippen LogP contribution in [0.25, 0.3) is 0 Å². The lowest BCUT2D eigenvalue weighted by molar-refractivity contribution is -0.147. The topological polar surface area (TPSA) is 105 Å².